The van der Waals surface area contributed by atoms with Gasteiger partial charge < -0.3 is 21.1 Å². The van der Waals surface area contributed by atoms with Gasteiger partial charge in [-0.2, -0.15) is 10.2 Å². The van der Waals surface area contributed by atoms with Crippen molar-refractivity contribution in [1.82, 2.24) is 31.5 Å². The van der Waals surface area contributed by atoms with Crippen molar-refractivity contribution < 1.29 is 4.74 Å². The number of nitrogens with zero attached hydrogens (tertiary/aromatic N) is 4. The molecule has 200 valence electrons. The molecule has 0 aliphatic rings. The lowest BCUT2D eigenvalue weighted by atomic mass is 10.0. The number of hydrazone groups is 2. The highest BCUT2D eigenvalue weighted by atomic mass is 32.1. The second-order valence-electron chi connectivity index (χ2n) is 9.44. The minimum atomic E-state index is -0.692. The molecule has 10 nitrogen and oxygen atoms in total. The van der Waals surface area contributed by atoms with Crippen LogP contribution in [0.2, 0.25) is 0 Å². The highest BCUT2D eigenvalue weighted by Crippen LogP contribution is 2.17. The maximum atomic E-state index is 6.22. The number of ether oxygens (including phenoxy) is 1. The predicted octanol–water partition coefficient (Wildman–Crippen LogP) is 2.66. The van der Waals surface area contributed by atoms with Crippen LogP contribution in [0.1, 0.15) is 52.4 Å². The van der Waals surface area contributed by atoms with Crippen LogP contribution < -0.4 is 27.2 Å². The van der Waals surface area contributed by atoms with Crippen molar-refractivity contribution in [2.45, 2.75) is 52.3 Å². The van der Waals surface area contributed by atoms with E-state index in [2.05, 4.69) is 41.7 Å². The van der Waals surface area contributed by atoms with Gasteiger partial charge in [0.15, 0.2) is 21.8 Å². The Bertz CT molecular complexity index is 1090. The van der Waals surface area contributed by atoms with Gasteiger partial charge in [0, 0.05) is 30.5 Å². The topological polar surface area (TPSA) is 134 Å². The number of thiocarbonyl (C=S) groups is 2. The third-order valence-electron chi connectivity index (χ3n) is 5.55. The molecule has 1 aromatic heterocycles. The van der Waals surface area contributed by atoms with E-state index >= 15 is 0 Å². The molecule has 0 radical (unpaired) electrons. The summed E-state index contributed by atoms with van der Waals surface area (Å²) >= 11 is 10.7. The molecule has 12 heteroatoms. The molecule has 1 atom stereocenters. The minimum absolute atomic E-state index is 0.193. The van der Waals surface area contributed by atoms with E-state index in [-0.39, 0.29) is 11.5 Å². The molecular weight excluding hydrogens is 506 g/mol. The first-order valence-electron chi connectivity index (χ1n) is 11.9. The highest BCUT2D eigenvalue weighted by molar-refractivity contribution is 7.80. The van der Waals surface area contributed by atoms with Gasteiger partial charge in [-0.15, -0.1) is 0 Å². The quantitative estimate of drug-likeness (QED) is 0.125. The first-order chi connectivity index (χ1) is 17.4. The summed E-state index contributed by atoms with van der Waals surface area (Å²) in [7, 11) is 1.70. The molecule has 0 aliphatic carbocycles. The smallest absolute Gasteiger partial charge is 0.187 e. The Hall–Kier alpha value is -3.06. The largest absolute Gasteiger partial charge is 0.364 e. The first-order valence-corrected chi connectivity index (χ1v) is 12.7. The van der Waals surface area contributed by atoms with Crippen LogP contribution in [0.5, 0.6) is 0 Å². The normalized spacial score (nSPS) is 14.1. The van der Waals surface area contributed by atoms with Crippen molar-refractivity contribution in [1.29, 1.82) is 0 Å². The van der Waals surface area contributed by atoms with Crippen LogP contribution in [0.3, 0.4) is 0 Å². The zero-order valence-electron chi connectivity index (χ0n) is 22.2. The Morgan fingerprint density at radius 2 is 1.57 bits per heavy atom. The molecule has 0 spiro atoms. The third-order valence-corrected chi connectivity index (χ3v) is 6.04. The summed E-state index contributed by atoms with van der Waals surface area (Å²) in [6, 6.07) is 11.3. The van der Waals surface area contributed by atoms with Crippen LogP contribution in [0.15, 0.2) is 59.0 Å². The van der Waals surface area contributed by atoms with E-state index < -0.39 is 5.72 Å². The van der Waals surface area contributed by atoms with Gasteiger partial charge in [-0.3, -0.25) is 10.9 Å². The van der Waals surface area contributed by atoms with E-state index in [4.69, 9.17) is 34.9 Å². The van der Waals surface area contributed by atoms with Gasteiger partial charge in [0.2, 0.25) is 0 Å². The van der Waals surface area contributed by atoms with Gasteiger partial charge in [0.05, 0.1) is 6.61 Å². The van der Waals surface area contributed by atoms with Gasteiger partial charge >= 0.3 is 0 Å². The molecule has 2 aromatic rings. The molecule has 1 unspecified atom stereocenters. The molecule has 6 N–H and O–H groups in total. The molecule has 1 heterocycles. The standard InChI is InChI=1S/C25H37N9OS2/c1-17(2)25(5,26)35-16-13-24(3,4)30-23(37)34-31-19(18-11-8-7-9-12-18)20(32-33-22(36)27-6)21-28-14-10-15-29-21/h7-12,14-15,17H,13,16,26H2,1-6H3,(H2,27,33,36)(H2,30,34,37)/b31-19+,32-20-. The summed E-state index contributed by atoms with van der Waals surface area (Å²) in [5.74, 6) is 0.558. The SMILES string of the molecule is CNC(=S)N/N=C(/C(=N/NC(=S)NC(C)(C)CCOC(C)(N)C(C)C)c1ccccc1)c1ncccn1. The molecule has 0 fully saturated rings. The Labute approximate surface area is 230 Å². The third kappa shape index (κ3) is 10.1. The van der Waals surface area contributed by atoms with Crippen molar-refractivity contribution in [3.8, 4) is 0 Å². The second kappa shape index (κ2) is 14.0. The van der Waals surface area contributed by atoms with E-state index in [1.54, 1.807) is 25.5 Å². The lowest BCUT2D eigenvalue weighted by Gasteiger charge is -2.32. The molecule has 0 saturated carbocycles. The maximum Gasteiger partial charge on any atom is 0.187 e. The monoisotopic (exact) mass is 543 g/mol. The van der Waals surface area contributed by atoms with Crippen molar-refractivity contribution >= 4 is 46.1 Å². The zero-order valence-corrected chi connectivity index (χ0v) is 23.8. The number of nitrogens with one attached hydrogen (secondary N) is 4. The average molecular weight is 544 g/mol. The van der Waals surface area contributed by atoms with E-state index in [0.29, 0.717) is 40.5 Å². The molecule has 2 rings (SSSR count). The number of hydrogen-bond donors (Lipinski definition) is 5. The molecule has 0 saturated heterocycles. The van der Waals surface area contributed by atoms with Crippen LogP contribution in [0, 0.1) is 5.92 Å². The average Bonchev–Trinajstić information content (AvgIpc) is 2.86. The zero-order chi connectivity index (χ0) is 27.5. The molecule has 1 aromatic carbocycles. The predicted molar refractivity (Wildman–Crippen MR) is 157 cm³/mol. The maximum absolute atomic E-state index is 6.22. The summed E-state index contributed by atoms with van der Waals surface area (Å²) in [6.07, 6.45) is 3.94. The van der Waals surface area contributed by atoms with Crippen LogP contribution >= 0.6 is 24.4 Å². The Morgan fingerprint density at radius 3 is 2.16 bits per heavy atom. The summed E-state index contributed by atoms with van der Waals surface area (Å²) in [6.45, 7) is 10.5. The van der Waals surface area contributed by atoms with Gasteiger partial charge in [-0.05, 0) is 63.6 Å². The molecule has 0 bridgehead atoms. The van der Waals surface area contributed by atoms with Gasteiger partial charge in [-0.25, -0.2) is 9.97 Å². The molecular formula is C25H37N9OS2. The van der Waals surface area contributed by atoms with Gasteiger partial charge in [-0.1, -0.05) is 44.2 Å². The number of nitrogens with two attached hydrogens (primary N) is 1. The van der Waals surface area contributed by atoms with Crippen molar-refractivity contribution in [3.63, 3.8) is 0 Å². The van der Waals surface area contributed by atoms with E-state index in [1.807, 2.05) is 65.0 Å². The fourth-order valence-electron chi connectivity index (χ4n) is 2.84. The number of hydrogen-bond acceptors (Lipinski definition) is 8. The summed E-state index contributed by atoms with van der Waals surface area (Å²) < 4.78 is 5.89. The van der Waals surface area contributed by atoms with Crippen molar-refractivity contribution in [3.05, 3.63) is 60.2 Å². The van der Waals surface area contributed by atoms with Gasteiger partial charge in [0.1, 0.15) is 11.4 Å². The number of aromatic nitrogens is 2. The lowest BCUT2D eigenvalue weighted by molar-refractivity contribution is -0.0649. The molecule has 0 aliphatic heterocycles. The van der Waals surface area contributed by atoms with Gasteiger partial charge in [0.25, 0.3) is 0 Å². The van der Waals surface area contributed by atoms with Crippen LogP contribution in [0.25, 0.3) is 0 Å². The summed E-state index contributed by atoms with van der Waals surface area (Å²) in [5.41, 5.74) is 12.5. The van der Waals surface area contributed by atoms with Crippen molar-refractivity contribution in [2.75, 3.05) is 13.7 Å². The second-order valence-corrected chi connectivity index (χ2v) is 10.3. The van der Waals surface area contributed by atoms with Crippen molar-refractivity contribution in [2.24, 2.45) is 21.9 Å². The van der Waals surface area contributed by atoms with E-state index in [0.717, 1.165) is 5.56 Å². The first kappa shape index (κ1) is 30.2. The number of benzene rings is 1. The van der Waals surface area contributed by atoms with E-state index in [9.17, 15) is 0 Å². The van der Waals surface area contributed by atoms with E-state index in [1.165, 1.54) is 0 Å². The minimum Gasteiger partial charge on any atom is -0.364 e. The lowest BCUT2D eigenvalue weighted by Crippen LogP contribution is -2.49. The number of rotatable bonds is 11. The fourth-order valence-corrected chi connectivity index (χ4v) is 3.21. The summed E-state index contributed by atoms with van der Waals surface area (Å²) in [5, 5.41) is 15.8. The molecule has 0 amide bonds. The highest BCUT2D eigenvalue weighted by Gasteiger charge is 2.26. The Balaban J connectivity index is 2.26. The summed E-state index contributed by atoms with van der Waals surface area (Å²) in [4.78, 5) is 8.71. The fraction of sp³-hybridized carbons (Fsp3) is 0.440. The Kier molecular flexibility index (Phi) is 11.4. The Morgan fingerprint density at radius 1 is 0.973 bits per heavy atom. The van der Waals surface area contributed by atoms with Crippen LogP contribution in [0.4, 0.5) is 0 Å². The van der Waals surface area contributed by atoms with Crippen LogP contribution in [-0.2, 0) is 4.74 Å². The van der Waals surface area contributed by atoms with Crippen LogP contribution in [-0.4, -0.2) is 56.5 Å². The molecule has 37 heavy (non-hydrogen) atoms.